The van der Waals surface area contributed by atoms with Gasteiger partial charge in [0.1, 0.15) is 23.1 Å². The molecule has 0 saturated carbocycles. The lowest BCUT2D eigenvalue weighted by Gasteiger charge is -2.23. The summed E-state index contributed by atoms with van der Waals surface area (Å²) in [5.74, 6) is 1.07. The molecule has 1 aliphatic heterocycles. The number of benzene rings is 1. The Labute approximate surface area is 175 Å². The Morgan fingerprint density at radius 3 is 2.87 bits per heavy atom. The van der Waals surface area contributed by atoms with Crippen LogP contribution in [0.3, 0.4) is 0 Å². The van der Waals surface area contributed by atoms with E-state index in [9.17, 15) is 13.2 Å². The van der Waals surface area contributed by atoms with Crippen LogP contribution < -0.4 is 5.32 Å². The molecule has 0 aliphatic carbocycles. The molecule has 1 atom stereocenters. The molecule has 0 spiro atoms. The molecule has 0 bridgehead atoms. The highest BCUT2D eigenvalue weighted by atomic mass is 32.2. The lowest BCUT2D eigenvalue weighted by Crippen LogP contribution is -2.45. The third kappa shape index (κ3) is 3.84. The van der Waals surface area contributed by atoms with Crippen molar-refractivity contribution in [2.75, 3.05) is 6.54 Å². The van der Waals surface area contributed by atoms with Crippen LogP contribution >= 0.6 is 0 Å². The number of furan rings is 1. The molecule has 1 aromatic carbocycles. The molecule has 4 rings (SSSR count). The first-order chi connectivity index (χ1) is 14.4. The Bertz CT molecular complexity index is 1170. The predicted octanol–water partition coefficient (Wildman–Crippen LogP) is 2.21. The quantitative estimate of drug-likeness (QED) is 0.614. The van der Waals surface area contributed by atoms with E-state index in [0.717, 1.165) is 17.7 Å². The summed E-state index contributed by atoms with van der Waals surface area (Å²) in [6.45, 7) is 5.11. The van der Waals surface area contributed by atoms with Crippen molar-refractivity contribution >= 4 is 27.0 Å². The average molecular weight is 432 g/mol. The number of sulfonamides is 1. The molecule has 10 heteroatoms. The van der Waals surface area contributed by atoms with Crippen LogP contribution in [0.4, 0.5) is 0 Å². The molecule has 30 heavy (non-hydrogen) atoms. The van der Waals surface area contributed by atoms with E-state index in [2.05, 4.69) is 15.6 Å². The fourth-order valence-electron chi connectivity index (χ4n) is 3.79. The summed E-state index contributed by atoms with van der Waals surface area (Å²) in [5, 5.41) is 11.0. The van der Waals surface area contributed by atoms with Crippen LogP contribution in [0.1, 0.15) is 37.7 Å². The zero-order chi connectivity index (χ0) is 21.3. The molecule has 1 unspecified atom stereocenters. The minimum absolute atomic E-state index is 0.125. The molecule has 2 aromatic heterocycles. The zero-order valence-corrected chi connectivity index (χ0v) is 17.9. The van der Waals surface area contributed by atoms with E-state index in [0.29, 0.717) is 37.2 Å². The molecule has 1 saturated heterocycles. The van der Waals surface area contributed by atoms with Crippen molar-refractivity contribution in [3.63, 3.8) is 0 Å². The van der Waals surface area contributed by atoms with E-state index in [4.69, 9.17) is 4.42 Å². The minimum Gasteiger partial charge on any atom is -0.465 e. The maximum Gasteiger partial charge on any atom is 0.243 e. The van der Waals surface area contributed by atoms with E-state index in [1.165, 1.54) is 10.4 Å². The van der Waals surface area contributed by atoms with Gasteiger partial charge in [0.2, 0.25) is 15.9 Å². The minimum atomic E-state index is -3.83. The van der Waals surface area contributed by atoms with Gasteiger partial charge in [-0.1, -0.05) is 12.1 Å². The highest BCUT2D eigenvalue weighted by molar-refractivity contribution is 7.89. The van der Waals surface area contributed by atoms with E-state index in [1.54, 1.807) is 22.9 Å². The summed E-state index contributed by atoms with van der Waals surface area (Å²) >= 11 is 0. The molecule has 1 amide bonds. The molecular weight excluding hydrogens is 406 g/mol. The second kappa shape index (κ2) is 8.19. The predicted molar refractivity (Wildman–Crippen MR) is 110 cm³/mol. The van der Waals surface area contributed by atoms with Crippen molar-refractivity contribution in [3.05, 3.63) is 41.9 Å². The molecule has 160 valence electrons. The van der Waals surface area contributed by atoms with Crippen LogP contribution in [0.2, 0.25) is 0 Å². The van der Waals surface area contributed by atoms with Crippen molar-refractivity contribution in [2.45, 2.75) is 57.1 Å². The van der Waals surface area contributed by atoms with Crippen LogP contribution in [-0.4, -0.2) is 46.2 Å². The van der Waals surface area contributed by atoms with E-state index in [-0.39, 0.29) is 17.3 Å². The monoisotopic (exact) mass is 431 g/mol. The normalized spacial score (nSPS) is 17.6. The number of carbonyl (C=O) groups is 1. The zero-order valence-electron chi connectivity index (χ0n) is 17.0. The number of rotatable bonds is 7. The molecule has 1 fully saturated rings. The van der Waals surface area contributed by atoms with Crippen LogP contribution in [-0.2, 0) is 27.9 Å². The van der Waals surface area contributed by atoms with Crippen molar-refractivity contribution in [1.82, 2.24) is 24.6 Å². The largest absolute Gasteiger partial charge is 0.465 e. The Morgan fingerprint density at radius 2 is 2.13 bits per heavy atom. The van der Waals surface area contributed by atoms with Gasteiger partial charge in [-0.3, -0.25) is 4.79 Å². The topological polar surface area (TPSA) is 110 Å². The fraction of sp³-hybridized carbons (Fsp3) is 0.450. The van der Waals surface area contributed by atoms with E-state index in [1.807, 2.05) is 19.9 Å². The van der Waals surface area contributed by atoms with Gasteiger partial charge in [-0.25, -0.2) is 13.1 Å². The summed E-state index contributed by atoms with van der Waals surface area (Å²) in [6.07, 6.45) is 2.02. The standard InChI is InChI=1S/C20H25N5O4S/c1-3-10-24-18-9-8-16(12-17(18)22-23-24)30(27,28)25-11-4-5-19(25)20(26)21-13-15-7-6-14(2)29-15/h6-9,12,19H,3-5,10-11,13H2,1-2H3,(H,21,26). The number of fused-ring (bicyclic) bond motifs is 1. The first-order valence-corrected chi connectivity index (χ1v) is 11.5. The van der Waals surface area contributed by atoms with Gasteiger partial charge < -0.3 is 9.73 Å². The van der Waals surface area contributed by atoms with Gasteiger partial charge in [0.15, 0.2) is 0 Å². The fourth-order valence-corrected chi connectivity index (χ4v) is 5.46. The number of hydrogen-bond acceptors (Lipinski definition) is 6. The van der Waals surface area contributed by atoms with Crippen molar-refractivity contribution in [2.24, 2.45) is 0 Å². The third-order valence-corrected chi connectivity index (χ3v) is 7.17. The highest BCUT2D eigenvalue weighted by Gasteiger charge is 2.39. The molecule has 3 aromatic rings. The van der Waals surface area contributed by atoms with Crippen LogP contribution in [0, 0.1) is 6.92 Å². The van der Waals surface area contributed by atoms with E-state index >= 15 is 0 Å². The summed E-state index contributed by atoms with van der Waals surface area (Å²) in [7, 11) is -3.83. The molecule has 9 nitrogen and oxygen atoms in total. The first kappa shape index (κ1) is 20.5. The second-order valence-corrected chi connectivity index (χ2v) is 9.36. The number of nitrogens with zero attached hydrogens (tertiary/aromatic N) is 4. The summed E-state index contributed by atoms with van der Waals surface area (Å²) in [5.41, 5.74) is 1.32. The maximum absolute atomic E-state index is 13.3. The lowest BCUT2D eigenvalue weighted by molar-refractivity contribution is -0.124. The Morgan fingerprint density at radius 1 is 1.30 bits per heavy atom. The van der Waals surface area contributed by atoms with Gasteiger partial charge in [0.25, 0.3) is 0 Å². The second-order valence-electron chi connectivity index (χ2n) is 7.47. The Hall–Kier alpha value is -2.72. The number of aromatic nitrogens is 3. The maximum atomic E-state index is 13.3. The molecule has 3 heterocycles. The summed E-state index contributed by atoms with van der Waals surface area (Å²) in [6, 6.07) is 7.69. The molecule has 0 radical (unpaired) electrons. The average Bonchev–Trinajstić information content (AvgIpc) is 3.46. The Kier molecular flexibility index (Phi) is 5.61. The molecule has 1 N–H and O–H groups in total. The van der Waals surface area contributed by atoms with Crippen LogP contribution in [0.5, 0.6) is 0 Å². The Balaban J connectivity index is 1.53. The lowest BCUT2D eigenvalue weighted by atomic mass is 10.2. The number of nitrogens with one attached hydrogen (secondary N) is 1. The number of amides is 1. The third-order valence-electron chi connectivity index (χ3n) is 5.27. The number of hydrogen-bond donors (Lipinski definition) is 1. The smallest absolute Gasteiger partial charge is 0.243 e. The van der Waals surface area contributed by atoms with Gasteiger partial charge in [-0.2, -0.15) is 4.31 Å². The first-order valence-electron chi connectivity index (χ1n) is 10.1. The van der Waals surface area contributed by atoms with Crippen molar-refractivity contribution in [3.8, 4) is 0 Å². The van der Waals surface area contributed by atoms with Crippen LogP contribution in [0.25, 0.3) is 11.0 Å². The van der Waals surface area contributed by atoms with Crippen molar-refractivity contribution < 1.29 is 17.6 Å². The summed E-state index contributed by atoms with van der Waals surface area (Å²) < 4.78 is 35.1. The number of carbonyl (C=O) groups excluding carboxylic acids is 1. The summed E-state index contributed by atoms with van der Waals surface area (Å²) in [4.78, 5) is 12.8. The van der Waals surface area contributed by atoms with Gasteiger partial charge >= 0.3 is 0 Å². The van der Waals surface area contributed by atoms with Gasteiger partial charge in [-0.15, -0.1) is 5.10 Å². The van der Waals surface area contributed by atoms with Crippen LogP contribution in [0.15, 0.2) is 39.6 Å². The van der Waals surface area contributed by atoms with Gasteiger partial charge in [-0.05, 0) is 56.5 Å². The van der Waals surface area contributed by atoms with E-state index < -0.39 is 16.1 Å². The van der Waals surface area contributed by atoms with Gasteiger partial charge in [0.05, 0.1) is 17.0 Å². The number of aryl methyl sites for hydroxylation is 2. The molecular formula is C20H25N5O4S. The van der Waals surface area contributed by atoms with Gasteiger partial charge in [0, 0.05) is 13.1 Å². The highest BCUT2D eigenvalue weighted by Crippen LogP contribution is 2.28. The van der Waals surface area contributed by atoms with Crippen molar-refractivity contribution in [1.29, 1.82) is 0 Å². The molecule has 1 aliphatic rings. The SMILES string of the molecule is CCCn1nnc2cc(S(=O)(=O)N3CCCC3C(=O)NCc3ccc(C)o3)ccc21.